The largest absolute Gasteiger partial charge is 0.462 e. The van der Waals surface area contributed by atoms with Crippen molar-refractivity contribution in [2.45, 2.75) is 31.2 Å². The fourth-order valence-electron chi connectivity index (χ4n) is 2.73. The molecule has 6 nitrogen and oxygen atoms in total. The number of benzene rings is 1. The van der Waals surface area contributed by atoms with Crippen molar-refractivity contribution in [3.05, 3.63) is 29.8 Å². The van der Waals surface area contributed by atoms with Gasteiger partial charge < -0.3 is 10.5 Å². The number of sulfonamides is 1. The highest BCUT2D eigenvalue weighted by Gasteiger charge is 2.37. The topological polar surface area (TPSA) is 89.7 Å². The molecule has 0 aliphatic carbocycles. The number of ether oxygens (including phenoxy) is 1. The van der Waals surface area contributed by atoms with Crippen LogP contribution in [0, 0.1) is 5.92 Å². The molecule has 1 aromatic carbocycles. The summed E-state index contributed by atoms with van der Waals surface area (Å²) in [6.45, 7) is 4.82. The summed E-state index contributed by atoms with van der Waals surface area (Å²) >= 11 is 0. The molecule has 0 bridgehead atoms. The Balaban J connectivity index is 2.21. The minimum Gasteiger partial charge on any atom is -0.462 e. The lowest BCUT2D eigenvalue weighted by Gasteiger charge is -2.21. The molecule has 1 aliphatic heterocycles. The Morgan fingerprint density at radius 1 is 1.36 bits per heavy atom. The zero-order chi connectivity index (χ0) is 16.3. The Morgan fingerprint density at radius 2 is 2.00 bits per heavy atom. The lowest BCUT2D eigenvalue weighted by atomic mass is 10.1. The Morgan fingerprint density at radius 3 is 2.50 bits per heavy atom. The molecule has 0 saturated carbocycles. The fourth-order valence-corrected chi connectivity index (χ4v) is 4.45. The van der Waals surface area contributed by atoms with Gasteiger partial charge in [0.15, 0.2) is 0 Å². The molecule has 1 aliphatic rings. The van der Waals surface area contributed by atoms with Gasteiger partial charge in [0.05, 0.1) is 17.1 Å². The molecule has 0 spiro atoms. The Kier molecular flexibility index (Phi) is 5.20. The van der Waals surface area contributed by atoms with Crippen LogP contribution in [-0.4, -0.2) is 44.4 Å². The summed E-state index contributed by atoms with van der Waals surface area (Å²) in [4.78, 5) is 11.8. The van der Waals surface area contributed by atoms with Crippen molar-refractivity contribution < 1.29 is 17.9 Å². The standard InChI is InChI=1S/C15H22N2O4S/c1-3-21-15(18)13-4-6-14(7-5-13)22(19,20)17-10-12(9-16)8-11(17)2/h4-7,11-12H,3,8-10,16H2,1-2H3. The molecule has 2 rings (SSSR count). The average molecular weight is 326 g/mol. The molecule has 1 aromatic rings. The van der Waals surface area contributed by atoms with Gasteiger partial charge in [0.2, 0.25) is 10.0 Å². The molecule has 0 aromatic heterocycles. The molecule has 0 radical (unpaired) electrons. The first-order valence-electron chi connectivity index (χ1n) is 7.39. The van der Waals surface area contributed by atoms with Gasteiger partial charge >= 0.3 is 5.97 Å². The summed E-state index contributed by atoms with van der Waals surface area (Å²) < 4.78 is 31.7. The second kappa shape index (κ2) is 6.76. The van der Waals surface area contributed by atoms with Crippen molar-refractivity contribution in [1.82, 2.24) is 4.31 Å². The van der Waals surface area contributed by atoms with E-state index < -0.39 is 16.0 Å². The number of carbonyl (C=O) groups excluding carboxylic acids is 1. The average Bonchev–Trinajstić information content (AvgIpc) is 2.89. The molecular weight excluding hydrogens is 304 g/mol. The molecule has 122 valence electrons. The van der Waals surface area contributed by atoms with Gasteiger partial charge in [-0.1, -0.05) is 0 Å². The van der Waals surface area contributed by atoms with Gasteiger partial charge in [-0.25, -0.2) is 13.2 Å². The summed E-state index contributed by atoms with van der Waals surface area (Å²) in [6.07, 6.45) is 0.774. The molecule has 2 unspecified atom stereocenters. The third-order valence-corrected chi connectivity index (χ3v) is 5.90. The van der Waals surface area contributed by atoms with E-state index in [1.807, 2.05) is 6.92 Å². The predicted octanol–water partition coefficient (Wildman–Crippen LogP) is 1.22. The smallest absolute Gasteiger partial charge is 0.338 e. The van der Waals surface area contributed by atoms with Crippen molar-refractivity contribution in [3.8, 4) is 0 Å². The summed E-state index contributed by atoms with van der Waals surface area (Å²) in [5.74, 6) is -0.257. The quantitative estimate of drug-likeness (QED) is 0.822. The van der Waals surface area contributed by atoms with Gasteiger partial charge in [-0.3, -0.25) is 0 Å². The number of hydrogen-bond donors (Lipinski definition) is 1. The third kappa shape index (κ3) is 3.31. The van der Waals surface area contributed by atoms with Crippen LogP contribution in [0.5, 0.6) is 0 Å². The molecule has 1 fully saturated rings. The van der Waals surface area contributed by atoms with Crippen molar-refractivity contribution in [1.29, 1.82) is 0 Å². The first-order valence-corrected chi connectivity index (χ1v) is 8.83. The van der Waals surface area contributed by atoms with Crippen molar-refractivity contribution >= 4 is 16.0 Å². The molecule has 0 amide bonds. The van der Waals surface area contributed by atoms with Gasteiger partial charge in [-0.05, 0) is 57.0 Å². The van der Waals surface area contributed by atoms with Crippen LogP contribution < -0.4 is 5.73 Å². The maximum absolute atomic E-state index is 12.7. The zero-order valence-corrected chi connectivity index (χ0v) is 13.7. The van der Waals surface area contributed by atoms with Gasteiger partial charge in [0.25, 0.3) is 0 Å². The van der Waals surface area contributed by atoms with Gasteiger partial charge in [-0.2, -0.15) is 4.31 Å². The van der Waals surface area contributed by atoms with E-state index in [1.54, 1.807) is 6.92 Å². The van der Waals surface area contributed by atoms with Crippen molar-refractivity contribution in [3.63, 3.8) is 0 Å². The van der Waals surface area contributed by atoms with E-state index in [0.29, 0.717) is 18.7 Å². The number of nitrogens with zero attached hydrogens (tertiary/aromatic N) is 1. The summed E-state index contributed by atoms with van der Waals surface area (Å²) in [6, 6.07) is 5.79. The highest BCUT2D eigenvalue weighted by molar-refractivity contribution is 7.89. The second-order valence-corrected chi connectivity index (χ2v) is 7.40. The first-order chi connectivity index (χ1) is 10.4. The third-order valence-electron chi connectivity index (χ3n) is 3.91. The van der Waals surface area contributed by atoms with E-state index in [1.165, 1.54) is 28.6 Å². The van der Waals surface area contributed by atoms with Crippen LogP contribution >= 0.6 is 0 Å². The molecule has 2 N–H and O–H groups in total. The van der Waals surface area contributed by atoms with E-state index in [0.717, 1.165) is 6.42 Å². The Bertz CT molecular complexity index is 627. The maximum atomic E-state index is 12.7. The highest BCUT2D eigenvalue weighted by atomic mass is 32.2. The van der Waals surface area contributed by atoms with Crippen LogP contribution in [-0.2, 0) is 14.8 Å². The fraction of sp³-hybridized carbons (Fsp3) is 0.533. The highest BCUT2D eigenvalue weighted by Crippen LogP contribution is 2.29. The Hall–Kier alpha value is -1.44. The monoisotopic (exact) mass is 326 g/mol. The lowest BCUT2D eigenvalue weighted by molar-refractivity contribution is 0.0526. The number of rotatable bonds is 5. The Labute approximate surface area is 131 Å². The molecule has 1 saturated heterocycles. The number of carbonyl (C=O) groups is 1. The second-order valence-electron chi connectivity index (χ2n) is 5.51. The van der Waals surface area contributed by atoms with Crippen LogP contribution in [0.15, 0.2) is 29.2 Å². The number of hydrogen-bond acceptors (Lipinski definition) is 5. The van der Waals surface area contributed by atoms with Crippen LogP contribution in [0.25, 0.3) is 0 Å². The number of esters is 1. The first kappa shape index (κ1) is 16.9. The zero-order valence-electron chi connectivity index (χ0n) is 12.9. The van der Waals surface area contributed by atoms with E-state index >= 15 is 0 Å². The van der Waals surface area contributed by atoms with Crippen molar-refractivity contribution in [2.75, 3.05) is 19.7 Å². The van der Waals surface area contributed by atoms with Crippen LogP contribution in [0.1, 0.15) is 30.6 Å². The molecule has 22 heavy (non-hydrogen) atoms. The minimum atomic E-state index is -3.56. The summed E-state index contributed by atoms with van der Waals surface area (Å²) in [5, 5.41) is 0. The van der Waals surface area contributed by atoms with Crippen LogP contribution in [0.4, 0.5) is 0 Å². The minimum absolute atomic E-state index is 0.0664. The molecule has 1 heterocycles. The van der Waals surface area contributed by atoms with E-state index in [-0.39, 0.29) is 23.5 Å². The molecule has 2 atom stereocenters. The van der Waals surface area contributed by atoms with Gasteiger partial charge in [-0.15, -0.1) is 0 Å². The van der Waals surface area contributed by atoms with E-state index in [4.69, 9.17) is 10.5 Å². The van der Waals surface area contributed by atoms with Gasteiger partial charge in [0.1, 0.15) is 0 Å². The van der Waals surface area contributed by atoms with Crippen molar-refractivity contribution in [2.24, 2.45) is 11.7 Å². The molecule has 7 heteroatoms. The lowest BCUT2D eigenvalue weighted by Crippen LogP contribution is -2.34. The maximum Gasteiger partial charge on any atom is 0.338 e. The normalized spacial score (nSPS) is 22.7. The summed E-state index contributed by atoms with van der Waals surface area (Å²) in [5.41, 5.74) is 5.99. The number of nitrogens with two attached hydrogens (primary N) is 1. The van der Waals surface area contributed by atoms with Gasteiger partial charge in [0, 0.05) is 12.6 Å². The van der Waals surface area contributed by atoms with E-state index in [2.05, 4.69) is 0 Å². The predicted molar refractivity (Wildman–Crippen MR) is 82.9 cm³/mol. The molecular formula is C15H22N2O4S. The van der Waals surface area contributed by atoms with E-state index in [9.17, 15) is 13.2 Å². The van der Waals surface area contributed by atoms with Crippen LogP contribution in [0.2, 0.25) is 0 Å². The SMILES string of the molecule is CCOC(=O)c1ccc(S(=O)(=O)N2CC(CN)CC2C)cc1. The summed E-state index contributed by atoms with van der Waals surface area (Å²) in [7, 11) is -3.56. The van der Waals surface area contributed by atoms with Crippen LogP contribution in [0.3, 0.4) is 0 Å².